The third kappa shape index (κ3) is 5.32. The fourth-order valence-electron chi connectivity index (χ4n) is 9.13. The van der Waals surface area contributed by atoms with E-state index in [4.69, 9.17) is 23.8 Å². The second kappa shape index (κ2) is 13.1. The average Bonchev–Trinajstić information content (AvgIpc) is 4.00. The third-order valence-corrected chi connectivity index (χ3v) is 12.0. The molecule has 0 atom stereocenters. The molecule has 4 aromatic heterocycles. The lowest BCUT2D eigenvalue weighted by Crippen LogP contribution is -2.02. The zero-order chi connectivity index (χ0) is 40.0. The summed E-state index contributed by atoms with van der Waals surface area (Å²) in [6.45, 7) is 0. The highest BCUT2D eigenvalue weighted by molar-refractivity contribution is 6.15. The monoisotopic (exact) mass is 780 g/mol. The lowest BCUT2D eigenvalue weighted by atomic mass is 10.0. The van der Waals surface area contributed by atoms with E-state index in [-0.39, 0.29) is 0 Å². The summed E-state index contributed by atoms with van der Waals surface area (Å²) in [6.07, 6.45) is 0. The topological polar surface area (TPSA) is 69.9 Å². The van der Waals surface area contributed by atoms with Crippen LogP contribution in [-0.4, -0.2) is 19.5 Å². The fraction of sp³-hybridized carbons (Fsp3) is 0. The predicted molar refractivity (Wildman–Crippen MR) is 248 cm³/mol. The Kier molecular flexibility index (Phi) is 7.21. The summed E-state index contributed by atoms with van der Waals surface area (Å²) >= 11 is 0. The van der Waals surface area contributed by atoms with Gasteiger partial charge in [-0.3, -0.25) is 0 Å². The molecule has 6 heteroatoms. The van der Waals surface area contributed by atoms with E-state index >= 15 is 0 Å². The normalized spacial score (nSPS) is 11.9. The van der Waals surface area contributed by atoms with Crippen molar-refractivity contribution in [3.8, 4) is 51.0 Å². The molecule has 0 aliphatic rings. The lowest BCUT2D eigenvalue weighted by molar-refractivity contribution is 0.669. The molecule has 13 aromatic rings. The molecule has 0 aliphatic heterocycles. The van der Waals surface area contributed by atoms with Crippen molar-refractivity contribution in [3.05, 3.63) is 194 Å². The maximum absolute atomic E-state index is 6.78. The number of aromatic nitrogens is 4. The highest BCUT2D eigenvalue weighted by Crippen LogP contribution is 2.42. The molecule has 0 unspecified atom stereocenters. The molecule has 284 valence electrons. The maximum atomic E-state index is 6.78. The first kappa shape index (κ1) is 33.6. The molecule has 4 heterocycles. The number of rotatable bonds is 5. The highest BCUT2D eigenvalue weighted by Gasteiger charge is 2.22. The van der Waals surface area contributed by atoms with Crippen LogP contribution < -0.4 is 0 Å². The highest BCUT2D eigenvalue weighted by atomic mass is 16.3. The first-order valence-electron chi connectivity index (χ1n) is 20.4. The number of fused-ring (bicyclic) bond motifs is 10. The van der Waals surface area contributed by atoms with Gasteiger partial charge in [0.2, 0.25) is 0 Å². The van der Waals surface area contributed by atoms with E-state index in [0.717, 1.165) is 82.8 Å². The summed E-state index contributed by atoms with van der Waals surface area (Å²) in [5.41, 5.74) is 11.1. The zero-order valence-corrected chi connectivity index (χ0v) is 32.6. The maximum Gasteiger partial charge on any atom is 0.167 e. The van der Waals surface area contributed by atoms with Gasteiger partial charge in [-0.05, 0) is 88.6 Å². The van der Waals surface area contributed by atoms with Gasteiger partial charge in [-0.25, -0.2) is 15.0 Å². The van der Waals surface area contributed by atoms with Crippen LogP contribution in [0.5, 0.6) is 0 Å². The quantitative estimate of drug-likeness (QED) is 0.174. The van der Waals surface area contributed by atoms with Gasteiger partial charge >= 0.3 is 0 Å². The minimum Gasteiger partial charge on any atom is -0.456 e. The molecule has 9 aromatic carbocycles. The number of nitrogens with zero attached hydrogens (tertiary/aromatic N) is 4. The molecular formula is C55H32N4O2. The summed E-state index contributed by atoms with van der Waals surface area (Å²) in [6, 6.07) is 67.5. The summed E-state index contributed by atoms with van der Waals surface area (Å²) in [5.74, 6) is 1.63. The molecular weight excluding hydrogens is 749 g/mol. The molecule has 0 radical (unpaired) electrons. The van der Waals surface area contributed by atoms with Gasteiger partial charge in [0.05, 0.1) is 16.6 Å². The summed E-state index contributed by atoms with van der Waals surface area (Å²) in [5, 5.41) is 8.82. The Morgan fingerprint density at radius 2 is 0.934 bits per heavy atom. The largest absolute Gasteiger partial charge is 0.456 e. The molecule has 6 nitrogen and oxygen atoms in total. The molecule has 0 fully saturated rings. The molecule has 13 rings (SSSR count). The molecule has 0 amide bonds. The van der Waals surface area contributed by atoms with E-state index in [0.29, 0.717) is 23.1 Å². The van der Waals surface area contributed by atoms with Crippen molar-refractivity contribution >= 4 is 76.5 Å². The molecule has 0 saturated carbocycles. The number of para-hydroxylation sites is 3. The van der Waals surface area contributed by atoms with Crippen molar-refractivity contribution < 1.29 is 8.83 Å². The molecule has 0 N–H and O–H groups in total. The first-order chi connectivity index (χ1) is 30.2. The van der Waals surface area contributed by atoms with Crippen LogP contribution in [0.2, 0.25) is 0 Å². The van der Waals surface area contributed by atoms with Crippen LogP contribution in [0.1, 0.15) is 0 Å². The van der Waals surface area contributed by atoms with Crippen molar-refractivity contribution in [2.75, 3.05) is 0 Å². The number of benzene rings is 9. The number of hydrogen-bond donors (Lipinski definition) is 0. The van der Waals surface area contributed by atoms with Crippen LogP contribution in [0.25, 0.3) is 127 Å². The Hall–Kier alpha value is -8.35. The Morgan fingerprint density at radius 1 is 0.328 bits per heavy atom. The van der Waals surface area contributed by atoms with Gasteiger partial charge in [0.15, 0.2) is 17.5 Å². The second-order valence-corrected chi connectivity index (χ2v) is 15.6. The van der Waals surface area contributed by atoms with E-state index in [1.165, 1.54) is 21.5 Å². The Morgan fingerprint density at radius 3 is 1.75 bits per heavy atom. The standard InChI is InChI=1S/C55H32N4O2/c1-2-13-33(14-3-1)34-17-12-18-37(27-34)53-56-54(38-25-26-51-44(29-38)41-20-7-10-23-49(41)60-51)58-55(57-53)46-32-39(31-45-42-21-8-11-24-50(42)61-52(45)46)59-47-22-9-6-19-40(47)43-28-35-15-4-5-16-36(35)30-48(43)59/h1-32H. The molecule has 0 aliphatic carbocycles. The van der Waals surface area contributed by atoms with Gasteiger partial charge in [0.1, 0.15) is 22.3 Å². The van der Waals surface area contributed by atoms with Crippen LogP contribution in [0, 0.1) is 0 Å². The molecule has 61 heavy (non-hydrogen) atoms. The van der Waals surface area contributed by atoms with Crippen molar-refractivity contribution in [2.24, 2.45) is 0 Å². The molecule has 0 saturated heterocycles. The summed E-state index contributed by atoms with van der Waals surface area (Å²) < 4.78 is 15.4. The Labute approximate surface area is 348 Å². The van der Waals surface area contributed by atoms with E-state index in [9.17, 15) is 0 Å². The summed E-state index contributed by atoms with van der Waals surface area (Å²) in [7, 11) is 0. The van der Waals surface area contributed by atoms with E-state index in [2.05, 4.69) is 150 Å². The van der Waals surface area contributed by atoms with Gasteiger partial charge in [-0.15, -0.1) is 0 Å². The van der Waals surface area contributed by atoms with E-state index in [1.54, 1.807) is 0 Å². The van der Waals surface area contributed by atoms with Crippen molar-refractivity contribution in [3.63, 3.8) is 0 Å². The lowest BCUT2D eigenvalue weighted by Gasteiger charge is -2.13. The van der Waals surface area contributed by atoms with Crippen LogP contribution in [0.15, 0.2) is 203 Å². The van der Waals surface area contributed by atoms with Gasteiger partial charge in [-0.1, -0.05) is 127 Å². The van der Waals surface area contributed by atoms with Crippen molar-refractivity contribution in [2.45, 2.75) is 0 Å². The fourth-order valence-corrected chi connectivity index (χ4v) is 9.13. The SMILES string of the molecule is c1ccc(-c2cccc(-c3nc(-c4ccc5oc6ccccc6c5c4)nc(-c4cc(-n5c6ccccc6c6cc7ccccc7cc65)cc5c4oc4ccccc45)n3)c2)cc1. The van der Waals surface area contributed by atoms with Crippen LogP contribution in [-0.2, 0) is 0 Å². The van der Waals surface area contributed by atoms with Gasteiger partial charge in [-0.2, -0.15) is 0 Å². The van der Waals surface area contributed by atoms with Crippen molar-refractivity contribution in [1.82, 2.24) is 19.5 Å². The van der Waals surface area contributed by atoms with E-state index in [1.807, 2.05) is 48.5 Å². The smallest absolute Gasteiger partial charge is 0.167 e. The van der Waals surface area contributed by atoms with Crippen LogP contribution in [0.3, 0.4) is 0 Å². The van der Waals surface area contributed by atoms with Crippen LogP contribution >= 0.6 is 0 Å². The minimum atomic E-state index is 0.513. The predicted octanol–water partition coefficient (Wildman–Crippen LogP) is 14.6. The van der Waals surface area contributed by atoms with Crippen LogP contribution in [0.4, 0.5) is 0 Å². The Bertz CT molecular complexity index is 3900. The zero-order valence-electron chi connectivity index (χ0n) is 32.6. The van der Waals surface area contributed by atoms with Gasteiger partial charge in [0.25, 0.3) is 0 Å². The Balaban J connectivity index is 1.10. The average molecular weight is 781 g/mol. The number of furan rings is 2. The number of hydrogen-bond acceptors (Lipinski definition) is 5. The van der Waals surface area contributed by atoms with Crippen molar-refractivity contribution in [1.29, 1.82) is 0 Å². The van der Waals surface area contributed by atoms with E-state index < -0.39 is 0 Å². The molecule has 0 spiro atoms. The third-order valence-electron chi connectivity index (χ3n) is 12.0. The molecule has 0 bridgehead atoms. The minimum absolute atomic E-state index is 0.513. The van der Waals surface area contributed by atoms with Gasteiger partial charge in [0, 0.05) is 49.1 Å². The first-order valence-corrected chi connectivity index (χ1v) is 20.4. The summed E-state index contributed by atoms with van der Waals surface area (Å²) in [4.78, 5) is 15.9. The van der Waals surface area contributed by atoms with Gasteiger partial charge < -0.3 is 13.4 Å². The second-order valence-electron chi connectivity index (χ2n) is 15.6.